The van der Waals surface area contributed by atoms with Crippen LogP contribution in [0.2, 0.25) is 0 Å². The van der Waals surface area contributed by atoms with E-state index in [1.54, 1.807) is 12.1 Å². The van der Waals surface area contributed by atoms with Gasteiger partial charge in [-0.15, -0.1) is 0 Å². The number of piperidine rings is 1. The number of pyridine rings is 1. The number of hydrogen-bond donors (Lipinski definition) is 2. The molecule has 1 saturated heterocycles. The van der Waals surface area contributed by atoms with Crippen molar-refractivity contribution in [3.8, 4) is 0 Å². The van der Waals surface area contributed by atoms with Crippen molar-refractivity contribution in [1.82, 2.24) is 9.97 Å². The first-order valence-corrected chi connectivity index (χ1v) is 15.0. The lowest BCUT2D eigenvalue weighted by molar-refractivity contribution is -0.141. The summed E-state index contributed by atoms with van der Waals surface area (Å²) >= 11 is 0. The number of nitrogens with zero attached hydrogens (tertiary/aromatic N) is 3. The Labute approximate surface area is 244 Å². The molecule has 3 unspecified atom stereocenters. The van der Waals surface area contributed by atoms with Crippen molar-refractivity contribution in [2.24, 2.45) is 17.8 Å². The quantitative estimate of drug-likeness (QED) is 0.268. The average Bonchev–Trinajstić information content (AvgIpc) is 3.33. The number of amides is 1. The Bertz CT molecular complexity index is 1300. The molecule has 0 spiro atoms. The van der Waals surface area contributed by atoms with E-state index in [2.05, 4.69) is 27.1 Å². The Balaban J connectivity index is 1.18. The standard InChI is InChI=1S/C32H39F3N4O3/c1-21-7-5-6-8-22(19-21)11-14-27-38-30(32(33,34)35)29(42-27)31(41)37-25-12-13-26(36-20-25)39-17-15-24(16-18-39)28(40)23-9-3-2-4-10-23/h2-4,9-10,12-13,20-22,24,28,40H,5-8,11,14-19H2,1H3,(H,37,41). The number of aryl methyl sites for hydroxylation is 1. The van der Waals surface area contributed by atoms with E-state index in [0.29, 0.717) is 37.2 Å². The minimum Gasteiger partial charge on any atom is -0.435 e. The number of anilines is 2. The van der Waals surface area contributed by atoms with Crippen LogP contribution in [-0.2, 0) is 12.6 Å². The largest absolute Gasteiger partial charge is 0.437 e. The highest BCUT2D eigenvalue weighted by Crippen LogP contribution is 2.35. The van der Waals surface area contributed by atoms with Crippen LogP contribution >= 0.6 is 0 Å². The predicted octanol–water partition coefficient (Wildman–Crippen LogP) is 7.44. The smallest absolute Gasteiger partial charge is 0.435 e. The maximum atomic E-state index is 13.8. The molecular formula is C32H39F3N4O3. The maximum Gasteiger partial charge on any atom is 0.437 e. The molecule has 3 heterocycles. The van der Waals surface area contributed by atoms with Crippen LogP contribution in [0.15, 0.2) is 53.1 Å². The van der Waals surface area contributed by atoms with Gasteiger partial charge in [-0.2, -0.15) is 13.2 Å². The van der Waals surface area contributed by atoms with E-state index >= 15 is 0 Å². The van der Waals surface area contributed by atoms with Crippen LogP contribution in [0.25, 0.3) is 0 Å². The fourth-order valence-electron chi connectivity index (χ4n) is 6.34. The first-order valence-electron chi connectivity index (χ1n) is 15.0. The van der Waals surface area contributed by atoms with Crippen molar-refractivity contribution in [1.29, 1.82) is 0 Å². The molecule has 1 amide bonds. The molecule has 10 heteroatoms. The number of benzene rings is 1. The molecule has 7 nitrogen and oxygen atoms in total. The molecule has 226 valence electrons. The van der Waals surface area contributed by atoms with E-state index in [4.69, 9.17) is 4.42 Å². The second kappa shape index (κ2) is 13.3. The van der Waals surface area contributed by atoms with E-state index < -0.39 is 29.6 Å². The third kappa shape index (κ3) is 7.51. The van der Waals surface area contributed by atoms with Gasteiger partial charge in [0.15, 0.2) is 11.6 Å². The second-order valence-corrected chi connectivity index (χ2v) is 11.9. The summed E-state index contributed by atoms with van der Waals surface area (Å²) in [4.78, 5) is 23.1. The Morgan fingerprint density at radius 2 is 1.83 bits per heavy atom. The lowest BCUT2D eigenvalue weighted by Crippen LogP contribution is -2.36. The van der Waals surface area contributed by atoms with Gasteiger partial charge in [-0.25, -0.2) is 9.97 Å². The van der Waals surface area contributed by atoms with Crippen LogP contribution in [0.1, 0.15) is 92.1 Å². The third-order valence-electron chi connectivity index (χ3n) is 8.66. The zero-order valence-electron chi connectivity index (χ0n) is 23.9. The molecule has 5 rings (SSSR count). The Morgan fingerprint density at radius 1 is 1.10 bits per heavy atom. The summed E-state index contributed by atoms with van der Waals surface area (Å²) in [7, 11) is 0. The molecule has 3 aromatic rings. The van der Waals surface area contributed by atoms with Crippen LogP contribution in [0.3, 0.4) is 0 Å². The van der Waals surface area contributed by atoms with Gasteiger partial charge in [0.05, 0.1) is 18.0 Å². The summed E-state index contributed by atoms with van der Waals surface area (Å²) < 4.78 is 46.7. The van der Waals surface area contributed by atoms with Gasteiger partial charge in [-0.05, 0) is 61.1 Å². The Kier molecular flexibility index (Phi) is 9.50. The summed E-state index contributed by atoms with van der Waals surface area (Å²) in [6.07, 6.45) is 4.26. The first-order chi connectivity index (χ1) is 20.2. The van der Waals surface area contributed by atoms with Crippen molar-refractivity contribution in [2.45, 2.75) is 77.0 Å². The number of carbonyl (C=O) groups is 1. The molecule has 2 fully saturated rings. The van der Waals surface area contributed by atoms with Crippen molar-refractivity contribution in [3.05, 3.63) is 71.6 Å². The van der Waals surface area contributed by atoms with Crippen LogP contribution in [0.5, 0.6) is 0 Å². The number of halogens is 3. The van der Waals surface area contributed by atoms with Crippen LogP contribution in [0, 0.1) is 17.8 Å². The molecular weight excluding hydrogens is 545 g/mol. The van der Waals surface area contributed by atoms with Gasteiger partial charge >= 0.3 is 6.18 Å². The number of hydrogen-bond acceptors (Lipinski definition) is 6. The highest BCUT2D eigenvalue weighted by molar-refractivity contribution is 6.03. The van der Waals surface area contributed by atoms with E-state index in [-0.39, 0.29) is 23.9 Å². The average molecular weight is 585 g/mol. The van der Waals surface area contributed by atoms with E-state index in [0.717, 1.165) is 37.7 Å². The monoisotopic (exact) mass is 584 g/mol. The molecule has 3 atom stereocenters. The molecule has 2 aliphatic rings. The molecule has 1 aromatic carbocycles. The molecule has 42 heavy (non-hydrogen) atoms. The molecule has 2 aromatic heterocycles. The van der Waals surface area contributed by atoms with Gasteiger partial charge in [0, 0.05) is 19.5 Å². The number of aromatic nitrogens is 2. The molecule has 1 saturated carbocycles. The molecule has 0 radical (unpaired) electrons. The highest BCUT2D eigenvalue weighted by Gasteiger charge is 2.41. The number of nitrogens with one attached hydrogen (secondary N) is 1. The Hall–Kier alpha value is -3.40. The number of aliphatic hydroxyl groups is 1. The summed E-state index contributed by atoms with van der Waals surface area (Å²) in [5.74, 6) is -0.0132. The number of aliphatic hydroxyl groups excluding tert-OH is 1. The summed E-state index contributed by atoms with van der Waals surface area (Å²) in [6, 6.07) is 13.0. The number of carbonyl (C=O) groups excluding carboxylic acids is 1. The Morgan fingerprint density at radius 3 is 2.52 bits per heavy atom. The fourth-order valence-corrected chi connectivity index (χ4v) is 6.34. The lowest BCUT2D eigenvalue weighted by atomic mass is 9.87. The fraction of sp³-hybridized carbons (Fsp3) is 0.531. The summed E-state index contributed by atoms with van der Waals surface area (Å²) in [5.41, 5.74) is -0.123. The van der Waals surface area contributed by atoms with Crippen LogP contribution in [-0.4, -0.2) is 34.1 Å². The SMILES string of the molecule is CC1CCCCC(CCc2nc(C(F)(F)F)c(C(=O)Nc3ccc(N4CCC(C(O)c5ccccc5)CC4)nc3)o2)C1. The van der Waals surface area contributed by atoms with E-state index in [9.17, 15) is 23.1 Å². The first kappa shape index (κ1) is 30.1. The van der Waals surface area contributed by atoms with Crippen LogP contribution in [0.4, 0.5) is 24.7 Å². The third-order valence-corrected chi connectivity index (χ3v) is 8.66. The van der Waals surface area contributed by atoms with Gasteiger partial charge in [0.2, 0.25) is 5.76 Å². The zero-order valence-corrected chi connectivity index (χ0v) is 23.9. The molecule has 2 N–H and O–H groups in total. The number of oxazole rings is 1. The second-order valence-electron chi connectivity index (χ2n) is 11.9. The lowest BCUT2D eigenvalue weighted by Gasteiger charge is -2.35. The highest BCUT2D eigenvalue weighted by atomic mass is 19.4. The van der Waals surface area contributed by atoms with E-state index in [1.807, 2.05) is 30.3 Å². The van der Waals surface area contributed by atoms with Gasteiger partial charge in [0.1, 0.15) is 5.82 Å². The minimum atomic E-state index is -4.81. The molecule has 1 aliphatic heterocycles. The van der Waals surface area contributed by atoms with Crippen molar-refractivity contribution < 1.29 is 27.5 Å². The predicted molar refractivity (Wildman–Crippen MR) is 154 cm³/mol. The van der Waals surface area contributed by atoms with Gasteiger partial charge < -0.3 is 19.7 Å². The van der Waals surface area contributed by atoms with Gasteiger partial charge in [-0.3, -0.25) is 4.79 Å². The van der Waals surface area contributed by atoms with E-state index in [1.165, 1.54) is 19.0 Å². The number of alkyl halides is 3. The van der Waals surface area contributed by atoms with Crippen molar-refractivity contribution >= 4 is 17.4 Å². The summed E-state index contributed by atoms with van der Waals surface area (Å²) in [5, 5.41) is 13.2. The summed E-state index contributed by atoms with van der Waals surface area (Å²) in [6.45, 7) is 3.64. The van der Waals surface area contributed by atoms with Crippen molar-refractivity contribution in [2.75, 3.05) is 23.3 Å². The topological polar surface area (TPSA) is 91.5 Å². The van der Waals surface area contributed by atoms with Crippen LogP contribution < -0.4 is 10.2 Å². The van der Waals surface area contributed by atoms with Crippen molar-refractivity contribution in [3.63, 3.8) is 0 Å². The van der Waals surface area contributed by atoms with Gasteiger partial charge in [0.25, 0.3) is 5.91 Å². The van der Waals surface area contributed by atoms with Gasteiger partial charge in [-0.1, -0.05) is 62.9 Å². The minimum absolute atomic E-state index is 0.0568. The molecule has 0 bridgehead atoms. The molecule has 1 aliphatic carbocycles. The zero-order chi connectivity index (χ0) is 29.7. The normalized spacial score (nSPS) is 21.1. The maximum absolute atomic E-state index is 13.8. The number of rotatable bonds is 8.